The van der Waals surface area contributed by atoms with Crippen LogP contribution < -0.4 is 0 Å². The molecule has 0 aliphatic carbocycles. The van der Waals surface area contributed by atoms with Crippen molar-refractivity contribution in [2.75, 3.05) is 0 Å². The number of oxazole rings is 1. The molecule has 94 valence electrons. The number of carboxylic acids is 1. The number of hydrogen-bond acceptors (Lipinski definition) is 3. The number of halogens is 3. The second-order valence-corrected chi connectivity index (χ2v) is 3.35. The van der Waals surface area contributed by atoms with E-state index in [1.165, 1.54) is 12.1 Å². The first-order valence-corrected chi connectivity index (χ1v) is 4.77. The average molecular weight is 257 g/mol. The van der Waals surface area contributed by atoms with Crippen LogP contribution in [-0.4, -0.2) is 16.1 Å². The molecule has 0 fully saturated rings. The summed E-state index contributed by atoms with van der Waals surface area (Å²) in [5, 5.41) is 8.69. The first-order valence-electron chi connectivity index (χ1n) is 4.77. The van der Waals surface area contributed by atoms with Gasteiger partial charge >= 0.3 is 5.97 Å². The van der Waals surface area contributed by atoms with E-state index >= 15 is 0 Å². The zero-order valence-electron chi connectivity index (χ0n) is 8.73. The van der Waals surface area contributed by atoms with Crippen LogP contribution in [0.25, 0.3) is 11.5 Å². The van der Waals surface area contributed by atoms with E-state index in [0.717, 1.165) is 12.1 Å². The SMILES string of the molecule is O=C(O)c1oc(-c2ccc(F)cc2)nc1C(F)F. The number of aromatic nitrogens is 1. The molecule has 0 aliphatic rings. The van der Waals surface area contributed by atoms with Gasteiger partial charge in [0.1, 0.15) is 5.82 Å². The molecule has 18 heavy (non-hydrogen) atoms. The fraction of sp³-hybridized carbons (Fsp3) is 0.0909. The molecule has 0 saturated carbocycles. The molecule has 0 bridgehead atoms. The van der Waals surface area contributed by atoms with Crippen molar-refractivity contribution in [1.29, 1.82) is 0 Å². The molecule has 1 heterocycles. The average Bonchev–Trinajstić information content (AvgIpc) is 2.75. The summed E-state index contributed by atoms with van der Waals surface area (Å²) >= 11 is 0. The summed E-state index contributed by atoms with van der Waals surface area (Å²) < 4.78 is 42.5. The van der Waals surface area contributed by atoms with Crippen LogP contribution >= 0.6 is 0 Å². The van der Waals surface area contributed by atoms with E-state index in [0.29, 0.717) is 0 Å². The number of hydrogen-bond donors (Lipinski definition) is 1. The number of benzene rings is 1. The summed E-state index contributed by atoms with van der Waals surface area (Å²) in [7, 11) is 0. The van der Waals surface area contributed by atoms with E-state index in [1.54, 1.807) is 0 Å². The molecule has 2 rings (SSSR count). The first-order chi connectivity index (χ1) is 8.49. The van der Waals surface area contributed by atoms with E-state index in [-0.39, 0.29) is 11.5 Å². The predicted molar refractivity (Wildman–Crippen MR) is 53.8 cm³/mol. The second kappa shape index (κ2) is 4.52. The Kier molecular flexibility index (Phi) is 3.05. The maximum absolute atomic E-state index is 12.7. The Labute approximate surface area is 98.7 Å². The summed E-state index contributed by atoms with van der Waals surface area (Å²) in [4.78, 5) is 14.1. The van der Waals surface area contributed by atoms with Gasteiger partial charge in [0.2, 0.25) is 11.7 Å². The Hall–Kier alpha value is -2.31. The third kappa shape index (κ3) is 2.20. The van der Waals surface area contributed by atoms with Gasteiger partial charge in [0.05, 0.1) is 0 Å². The van der Waals surface area contributed by atoms with Crippen LogP contribution in [0.15, 0.2) is 28.7 Å². The number of carbonyl (C=O) groups is 1. The van der Waals surface area contributed by atoms with Gasteiger partial charge in [-0.05, 0) is 24.3 Å². The normalized spacial score (nSPS) is 10.9. The molecule has 0 aliphatic heterocycles. The standard InChI is InChI=1S/C11H6F3NO3/c12-6-3-1-5(2-4-6)10-15-7(9(13)14)8(18-10)11(16)17/h1-4,9H,(H,16,17). The van der Waals surface area contributed by atoms with Crippen molar-refractivity contribution in [3.05, 3.63) is 41.5 Å². The van der Waals surface area contributed by atoms with Crippen molar-refractivity contribution in [3.8, 4) is 11.5 Å². The Morgan fingerprint density at radius 1 is 1.28 bits per heavy atom. The quantitative estimate of drug-likeness (QED) is 0.917. The fourth-order valence-electron chi connectivity index (χ4n) is 1.35. The van der Waals surface area contributed by atoms with Crippen molar-refractivity contribution in [1.82, 2.24) is 4.98 Å². The van der Waals surface area contributed by atoms with Crippen LogP contribution in [0.1, 0.15) is 22.7 Å². The molecule has 0 radical (unpaired) electrons. The van der Waals surface area contributed by atoms with Crippen LogP contribution in [0.3, 0.4) is 0 Å². The van der Waals surface area contributed by atoms with Gasteiger partial charge in [-0.1, -0.05) is 0 Å². The minimum Gasteiger partial charge on any atom is -0.475 e. The lowest BCUT2D eigenvalue weighted by Gasteiger charge is -1.93. The van der Waals surface area contributed by atoms with Gasteiger partial charge in [-0.25, -0.2) is 22.9 Å². The molecule has 1 aromatic heterocycles. The Bertz CT molecular complexity index is 578. The Morgan fingerprint density at radius 3 is 2.33 bits per heavy atom. The zero-order chi connectivity index (χ0) is 13.3. The van der Waals surface area contributed by atoms with Crippen LogP contribution in [-0.2, 0) is 0 Å². The fourth-order valence-corrected chi connectivity index (χ4v) is 1.35. The van der Waals surface area contributed by atoms with Crippen molar-refractivity contribution < 1.29 is 27.5 Å². The van der Waals surface area contributed by atoms with E-state index < -0.39 is 29.7 Å². The third-order valence-electron chi connectivity index (χ3n) is 2.15. The van der Waals surface area contributed by atoms with Gasteiger partial charge in [-0.2, -0.15) is 0 Å². The van der Waals surface area contributed by atoms with Crippen LogP contribution in [0.2, 0.25) is 0 Å². The van der Waals surface area contributed by atoms with Crippen molar-refractivity contribution in [3.63, 3.8) is 0 Å². The summed E-state index contributed by atoms with van der Waals surface area (Å²) in [5.41, 5.74) is -0.729. The number of rotatable bonds is 3. The molecule has 4 nitrogen and oxygen atoms in total. The highest BCUT2D eigenvalue weighted by Gasteiger charge is 2.26. The van der Waals surface area contributed by atoms with Crippen molar-refractivity contribution >= 4 is 5.97 Å². The van der Waals surface area contributed by atoms with Gasteiger partial charge in [0.15, 0.2) is 5.69 Å². The third-order valence-corrected chi connectivity index (χ3v) is 2.15. The van der Waals surface area contributed by atoms with Crippen LogP contribution in [0.5, 0.6) is 0 Å². The van der Waals surface area contributed by atoms with E-state index in [1.807, 2.05) is 0 Å². The molecule has 0 amide bonds. The van der Waals surface area contributed by atoms with E-state index in [4.69, 9.17) is 9.52 Å². The monoisotopic (exact) mass is 257 g/mol. The second-order valence-electron chi connectivity index (χ2n) is 3.35. The molecule has 0 atom stereocenters. The van der Waals surface area contributed by atoms with E-state index in [9.17, 15) is 18.0 Å². The summed E-state index contributed by atoms with van der Waals surface area (Å²) in [6.07, 6.45) is -3.06. The van der Waals surface area contributed by atoms with Gasteiger partial charge in [-0.3, -0.25) is 0 Å². The maximum atomic E-state index is 12.7. The maximum Gasteiger partial charge on any atom is 0.374 e. The van der Waals surface area contributed by atoms with Crippen LogP contribution in [0, 0.1) is 5.82 Å². The minimum absolute atomic E-state index is 0.214. The van der Waals surface area contributed by atoms with Gasteiger partial charge < -0.3 is 9.52 Å². The Balaban J connectivity index is 2.49. The molecular weight excluding hydrogens is 251 g/mol. The molecule has 0 saturated heterocycles. The number of nitrogens with zero attached hydrogens (tertiary/aromatic N) is 1. The predicted octanol–water partition coefficient (Wildman–Crippen LogP) is 3.12. The number of carboxylic acid groups (broad SMARTS) is 1. The van der Waals surface area contributed by atoms with Gasteiger partial charge in [0, 0.05) is 5.56 Å². The Morgan fingerprint density at radius 2 is 1.89 bits per heavy atom. The lowest BCUT2D eigenvalue weighted by molar-refractivity contribution is 0.0647. The highest BCUT2D eigenvalue weighted by atomic mass is 19.3. The topological polar surface area (TPSA) is 63.3 Å². The molecule has 0 spiro atoms. The molecule has 7 heteroatoms. The van der Waals surface area contributed by atoms with Gasteiger partial charge in [-0.15, -0.1) is 0 Å². The van der Waals surface area contributed by atoms with Crippen molar-refractivity contribution in [2.24, 2.45) is 0 Å². The van der Waals surface area contributed by atoms with Crippen molar-refractivity contribution in [2.45, 2.75) is 6.43 Å². The lowest BCUT2D eigenvalue weighted by Crippen LogP contribution is -1.99. The lowest BCUT2D eigenvalue weighted by atomic mass is 10.2. The minimum atomic E-state index is -3.06. The first kappa shape index (κ1) is 12.2. The molecular formula is C11H6F3NO3. The summed E-state index contributed by atoms with van der Waals surface area (Å²) in [5.74, 6) is -3.35. The summed E-state index contributed by atoms with van der Waals surface area (Å²) in [6.45, 7) is 0. The number of alkyl halides is 2. The van der Waals surface area contributed by atoms with Gasteiger partial charge in [0.25, 0.3) is 6.43 Å². The molecule has 2 aromatic rings. The highest BCUT2D eigenvalue weighted by molar-refractivity contribution is 5.86. The highest BCUT2D eigenvalue weighted by Crippen LogP contribution is 2.28. The largest absolute Gasteiger partial charge is 0.475 e. The van der Waals surface area contributed by atoms with E-state index in [2.05, 4.69) is 4.98 Å². The molecule has 0 unspecified atom stereocenters. The summed E-state index contributed by atoms with van der Waals surface area (Å²) in [6, 6.07) is 4.67. The zero-order valence-corrected chi connectivity index (χ0v) is 8.73. The van der Waals surface area contributed by atoms with Crippen LogP contribution in [0.4, 0.5) is 13.2 Å². The number of aromatic carboxylic acids is 1. The smallest absolute Gasteiger partial charge is 0.374 e. The molecule has 1 N–H and O–H groups in total. The molecule has 1 aromatic carbocycles.